The van der Waals surface area contributed by atoms with Gasteiger partial charge >= 0.3 is 0 Å². The first-order valence-corrected chi connectivity index (χ1v) is 6.11. The van der Waals surface area contributed by atoms with E-state index in [1.54, 1.807) is 7.11 Å². The second-order valence-corrected chi connectivity index (χ2v) is 4.61. The van der Waals surface area contributed by atoms with Crippen molar-refractivity contribution in [1.29, 1.82) is 0 Å². The highest BCUT2D eigenvalue weighted by Crippen LogP contribution is 2.39. The normalized spacial score (nSPS) is 10.4. The van der Waals surface area contributed by atoms with Crippen LogP contribution in [0.1, 0.15) is 16.7 Å². The van der Waals surface area contributed by atoms with Gasteiger partial charge in [-0.15, -0.1) is 0 Å². The van der Waals surface area contributed by atoms with Crippen LogP contribution in [-0.4, -0.2) is 20.2 Å². The highest BCUT2D eigenvalue weighted by molar-refractivity contribution is 9.10. The average Bonchev–Trinajstić information content (AvgIpc) is 2.29. The van der Waals surface area contributed by atoms with Crippen LogP contribution in [0.3, 0.4) is 0 Å². The number of rotatable bonds is 4. The van der Waals surface area contributed by atoms with Crippen molar-refractivity contribution in [3.8, 4) is 5.75 Å². The summed E-state index contributed by atoms with van der Waals surface area (Å²) in [5.41, 5.74) is 10.1. The van der Waals surface area contributed by atoms with Crippen LogP contribution in [-0.2, 0) is 0 Å². The number of hydrogen-bond acceptors (Lipinski definition) is 3. The van der Waals surface area contributed by atoms with Crippen molar-refractivity contribution < 1.29 is 4.74 Å². The van der Waals surface area contributed by atoms with Gasteiger partial charge in [-0.1, -0.05) is 15.9 Å². The van der Waals surface area contributed by atoms with E-state index in [2.05, 4.69) is 42.0 Å². The SMILES string of the molecule is COc1c(C)c(C)c(Br)c(C)c1NCCN. The molecule has 1 aromatic carbocycles. The lowest BCUT2D eigenvalue weighted by Gasteiger charge is -2.19. The molecule has 16 heavy (non-hydrogen) atoms. The van der Waals surface area contributed by atoms with E-state index >= 15 is 0 Å². The third-order valence-electron chi connectivity index (χ3n) is 2.81. The Morgan fingerprint density at radius 3 is 2.31 bits per heavy atom. The van der Waals surface area contributed by atoms with E-state index < -0.39 is 0 Å². The molecule has 0 atom stereocenters. The Morgan fingerprint density at radius 1 is 1.19 bits per heavy atom. The molecule has 0 bridgehead atoms. The van der Waals surface area contributed by atoms with Gasteiger partial charge < -0.3 is 15.8 Å². The zero-order valence-corrected chi connectivity index (χ0v) is 11.9. The first-order valence-electron chi connectivity index (χ1n) is 5.31. The van der Waals surface area contributed by atoms with Crippen molar-refractivity contribution in [2.45, 2.75) is 20.8 Å². The smallest absolute Gasteiger partial charge is 0.145 e. The first-order chi connectivity index (χ1) is 7.54. The molecule has 0 aromatic heterocycles. The molecule has 0 saturated heterocycles. The lowest BCUT2D eigenvalue weighted by molar-refractivity contribution is 0.412. The maximum Gasteiger partial charge on any atom is 0.145 e. The molecule has 0 heterocycles. The molecule has 90 valence electrons. The maximum absolute atomic E-state index is 5.51. The Hall–Kier alpha value is -0.740. The molecule has 1 rings (SSSR count). The third-order valence-corrected chi connectivity index (χ3v) is 4.00. The Labute approximate surface area is 105 Å². The zero-order chi connectivity index (χ0) is 12.3. The second-order valence-electron chi connectivity index (χ2n) is 3.81. The van der Waals surface area contributed by atoms with E-state index in [9.17, 15) is 0 Å². The molecule has 3 N–H and O–H groups in total. The predicted molar refractivity (Wildman–Crippen MR) is 72.4 cm³/mol. The number of halogens is 1. The van der Waals surface area contributed by atoms with E-state index in [-0.39, 0.29) is 0 Å². The summed E-state index contributed by atoms with van der Waals surface area (Å²) in [7, 11) is 1.70. The molecule has 0 saturated carbocycles. The second kappa shape index (κ2) is 5.55. The van der Waals surface area contributed by atoms with Crippen LogP contribution < -0.4 is 15.8 Å². The summed E-state index contributed by atoms with van der Waals surface area (Å²) in [6.45, 7) is 7.56. The Kier molecular flexibility index (Phi) is 4.62. The van der Waals surface area contributed by atoms with Crippen LogP contribution in [0.25, 0.3) is 0 Å². The highest BCUT2D eigenvalue weighted by Gasteiger charge is 2.15. The van der Waals surface area contributed by atoms with Crippen LogP contribution in [0.4, 0.5) is 5.69 Å². The molecular weight excluding hydrogens is 268 g/mol. The third kappa shape index (κ3) is 2.33. The molecule has 0 aliphatic carbocycles. The zero-order valence-electron chi connectivity index (χ0n) is 10.3. The van der Waals surface area contributed by atoms with Crippen molar-refractivity contribution in [3.05, 3.63) is 21.2 Å². The molecule has 4 heteroatoms. The fourth-order valence-corrected chi connectivity index (χ4v) is 2.24. The highest BCUT2D eigenvalue weighted by atomic mass is 79.9. The topological polar surface area (TPSA) is 47.3 Å². The van der Waals surface area contributed by atoms with Crippen LogP contribution in [0.5, 0.6) is 5.75 Å². The lowest BCUT2D eigenvalue weighted by atomic mass is 10.0. The minimum atomic E-state index is 0.604. The Morgan fingerprint density at radius 2 is 1.81 bits per heavy atom. The van der Waals surface area contributed by atoms with Crippen molar-refractivity contribution >= 4 is 21.6 Å². The summed E-state index contributed by atoms with van der Waals surface area (Å²) in [5, 5.41) is 3.31. The molecular formula is C12H19BrN2O. The predicted octanol–water partition coefficient (Wildman–Crippen LogP) is 2.75. The Balaban J connectivity index is 3.33. The molecule has 0 amide bonds. The number of methoxy groups -OCH3 is 1. The summed E-state index contributed by atoms with van der Waals surface area (Å²) >= 11 is 3.61. The molecule has 0 spiro atoms. The number of benzene rings is 1. The van der Waals surface area contributed by atoms with Gasteiger partial charge in [0.1, 0.15) is 5.75 Å². The quantitative estimate of drug-likeness (QED) is 0.895. The number of anilines is 1. The van der Waals surface area contributed by atoms with E-state index in [1.165, 1.54) is 5.56 Å². The van der Waals surface area contributed by atoms with Gasteiger partial charge in [-0.2, -0.15) is 0 Å². The number of nitrogens with two attached hydrogens (primary N) is 1. The molecule has 0 fully saturated rings. The summed E-state index contributed by atoms with van der Waals surface area (Å²) < 4.78 is 6.60. The largest absolute Gasteiger partial charge is 0.494 e. The first kappa shape index (κ1) is 13.3. The fourth-order valence-electron chi connectivity index (χ4n) is 1.75. The van der Waals surface area contributed by atoms with E-state index in [4.69, 9.17) is 10.5 Å². The standard InChI is InChI=1S/C12H19BrN2O/c1-7-8(2)12(16-4)11(15-6-5-14)9(3)10(7)13/h15H,5-6,14H2,1-4H3. The molecule has 0 aliphatic rings. The summed E-state index contributed by atoms with van der Waals surface area (Å²) in [4.78, 5) is 0. The van der Waals surface area contributed by atoms with Gasteiger partial charge in [0.25, 0.3) is 0 Å². The van der Waals surface area contributed by atoms with Gasteiger partial charge in [-0.05, 0) is 37.5 Å². The minimum Gasteiger partial charge on any atom is -0.494 e. The monoisotopic (exact) mass is 286 g/mol. The molecule has 0 radical (unpaired) electrons. The summed E-state index contributed by atoms with van der Waals surface area (Å²) in [6, 6.07) is 0. The average molecular weight is 287 g/mol. The minimum absolute atomic E-state index is 0.604. The van der Waals surface area contributed by atoms with Crippen molar-refractivity contribution in [2.75, 3.05) is 25.5 Å². The lowest BCUT2D eigenvalue weighted by Crippen LogP contribution is -2.15. The van der Waals surface area contributed by atoms with E-state index in [0.29, 0.717) is 6.54 Å². The van der Waals surface area contributed by atoms with Crippen molar-refractivity contribution in [1.82, 2.24) is 0 Å². The van der Waals surface area contributed by atoms with Gasteiger partial charge in [0, 0.05) is 17.6 Å². The van der Waals surface area contributed by atoms with Gasteiger partial charge in [-0.3, -0.25) is 0 Å². The van der Waals surface area contributed by atoms with Gasteiger partial charge in [0.2, 0.25) is 0 Å². The molecule has 1 aromatic rings. The molecule has 0 unspecified atom stereocenters. The van der Waals surface area contributed by atoms with Crippen LogP contribution in [0.2, 0.25) is 0 Å². The van der Waals surface area contributed by atoms with E-state index in [0.717, 1.165) is 33.6 Å². The maximum atomic E-state index is 5.51. The van der Waals surface area contributed by atoms with Gasteiger partial charge in [0.05, 0.1) is 12.8 Å². The van der Waals surface area contributed by atoms with Crippen molar-refractivity contribution in [3.63, 3.8) is 0 Å². The summed E-state index contributed by atoms with van der Waals surface area (Å²) in [5.74, 6) is 0.909. The van der Waals surface area contributed by atoms with Gasteiger partial charge in [0.15, 0.2) is 0 Å². The Bertz CT molecular complexity index is 391. The van der Waals surface area contributed by atoms with Crippen LogP contribution >= 0.6 is 15.9 Å². The summed E-state index contributed by atoms with van der Waals surface area (Å²) in [6.07, 6.45) is 0. The van der Waals surface area contributed by atoms with E-state index in [1.807, 2.05) is 0 Å². The number of nitrogens with one attached hydrogen (secondary N) is 1. The van der Waals surface area contributed by atoms with Crippen LogP contribution in [0.15, 0.2) is 4.47 Å². The fraction of sp³-hybridized carbons (Fsp3) is 0.500. The van der Waals surface area contributed by atoms with Gasteiger partial charge in [-0.25, -0.2) is 0 Å². The van der Waals surface area contributed by atoms with Crippen molar-refractivity contribution in [2.24, 2.45) is 5.73 Å². The number of ether oxygens (including phenoxy) is 1. The molecule has 0 aliphatic heterocycles. The molecule has 3 nitrogen and oxygen atoms in total. The van der Waals surface area contributed by atoms with Crippen LogP contribution in [0, 0.1) is 20.8 Å². The number of hydrogen-bond donors (Lipinski definition) is 2.